The van der Waals surface area contributed by atoms with Gasteiger partial charge >= 0.3 is 19.7 Å². The molecule has 0 radical (unpaired) electrons. The number of aromatic nitrogens is 4. The van der Waals surface area contributed by atoms with Crippen LogP contribution in [0.5, 0.6) is 0 Å². The predicted molar refractivity (Wildman–Crippen MR) is 103 cm³/mol. The third kappa shape index (κ3) is 6.87. The Morgan fingerprint density at radius 2 is 1.81 bits per heavy atom. The Hall–Kier alpha value is -2.76. The number of fused-ring (bicyclic) bond motifs is 1. The normalized spacial score (nSPS) is 21.9. The molecule has 4 atom stereocenters. The summed E-state index contributed by atoms with van der Waals surface area (Å²) >= 11 is 0. The minimum Gasteiger partial charge on any atom is -0.480 e. The van der Waals surface area contributed by atoms with Crippen LogP contribution in [0.25, 0.3) is 11.2 Å². The summed E-state index contributed by atoms with van der Waals surface area (Å²) in [6.45, 7) is -1.47. The fraction of sp³-hybridized carbons (Fsp3) is 0.500. The van der Waals surface area contributed by atoms with Crippen molar-refractivity contribution in [3.05, 3.63) is 12.7 Å². The number of aliphatic hydroxyl groups is 2. The fourth-order valence-corrected chi connectivity index (χ4v) is 3.00. The van der Waals surface area contributed by atoms with E-state index in [4.69, 9.17) is 35.0 Å². The summed E-state index contributed by atoms with van der Waals surface area (Å²) in [5, 5.41) is 38.5. The number of carbonyl (C=O) groups is 2. The van der Waals surface area contributed by atoms with Gasteiger partial charge in [-0.25, -0.2) is 25.0 Å². The number of imidazole rings is 1. The van der Waals surface area contributed by atoms with E-state index in [1.165, 1.54) is 17.2 Å². The number of ether oxygens (including phenoxy) is 1. The second kappa shape index (κ2) is 10.2. The molecule has 32 heavy (non-hydrogen) atoms. The quantitative estimate of drug-likeness (QED) is 0.144. The van der Waals surface area contributed by atoms with Gasteiger partial charge in [0.25, 0.3) is 0 Å². The van der Waals surface area contributed by atoms with Gasteiger partial charge in [-0.1, -0.05) is 0 Å². The van der Waals surface area contributed by atoms with Crippen molar-refractivity contribution in [2.75, 3.05) is 18.8 Å². The summed E-state index contributed by atoms with van der Waals surface area (Å²) in [6.07, 6.45) is -2.13. The molecule has 18 heteroatoms. The van der Waals surface area contributed by atoms with Crippen LogP contribution in [0.4, 0.5) is 5.82 Å². The smallest absolute Gasteiger partial charge is 0.397 e. The molecule has 1 unspecified atom stereocenters. The van der Waals surface area contributed by atoms with Crippen molar-refractivity contribution >= 4 is 36.7 Å². The highest BCUT2D eigenvalue weighted by Gasteiger charge is 2.42. The standard InChI is InChI=1S/C14H18N6O7.H4NO3P/c15-12-10-13(17-4-16-12)20(5-18-10)7-1-6(21)11(27-7)14(26)19(2-8(22)23)3-9(24)25;1-5(2,3)4/h4-7,11,14,21,26H,1-3H2,(H,22,23)(H,24,25)(H2,15,16,17);(H4,1,2,3,4)/t6-,7+,11-,14?;/m0./s1. The Morgan fingerprint density at radius 3 is 2.34 bits per heavy atom. The van der Waals surface area contributed by atoms with Crippen LogP contribution >= 0.6 is 7.75 Å². The summed E-state index contributed by atoms with van der Waals surface area (Å²) < 4.78 is 16.3. The molecule has 1 aliphatic heterocycles. The number of aliphatic carboxylic acids is 2. The minimum absolute atomic E-state index is 0.0467. The average molecular weight is 479 g/mol. The molecular weight excluding hydrogens is 457 g/mol. The number of carboxylic acid groups (broad SMARTS) is 2. The molecule has 2 aromatic rings. The number of nitrogen functional groups attached to an aromatic ring is 1. The maximum atomic E-state index is 10.9. The van der Waals surface area contributed by atoms with Gasteiger partial charge in [-0.3, -0.25) is 19.1 Å². The van der Waals surface area contributed by atoms with Crippen LogP contribution in [0.15, 0.2) is 12.7 Å². The van der Waals surface area contributed by atoms with Gasteiger partial charge in [0.05, 0.1) is 25.5 Å². The largest absolute Gasteiger partial charge is 0.480 e. The monoisotopic (exact) mass is 479 g/mol. The molecule has 3 rings (SSSR count). The van der Waals surface area contributed by atoms with Gasteiger partial charge in [-0.15, -0.1) is 0 Å². The van der Waals surface area contributed by atoms with E-state index in [-0.39, 0.29) is 12.2 Å². The summed E-state index contributed by atoms with van der Waals surface area (Å²) in [4.78, 5) is 49.5. The lowest BCUT2D eigenvalue weighted by Gasteiger charge is -2.30. The molecule has 17 nitrogen and oxygen atoms in total. The number of anilines is 1. The van der Waals surface area contributed by atoms with Crippen molar-refractivity contribution < 1.29 is 49.1 Å². The van der Waals surface area contributed by atoms with E-state index in [9.17, 15) is 19.8 Å². The first kappa shape index (κ1) is 25.5. The topological polar surface area (TPSA) is 281 Å². The van der Waals surface area contributed by atoms with Crippen molar-refractivity contribution in [1.82, 2.24) is 24.4 Å². The van der Waals surface area contributed by atoms with Gasteiger partial charge in [0, 0.05) is 6.42 Å². The van der Waals surface area contributed by atoms with Crippen molar-refractivity contribution in [2.24, 2.45) is 5.50 Å². The van der Waals surface area contributed by atoms with Crippen molar-refractivity contribution in [1.29, 1.82) is 0 Å². The molecule has 0 aliphatic carbocycles. The van der Waals surface area contributed by atoms with Crippen LogP contribution in [-0.4, -0.2) is 98.1 Å². The van der Waals surface area contributed by atoms with Crippen LogP contribution < -0.4 is 11.2 Å². The lowest BCUT2D eigenvalue weighted by atomic mass is 10.1. The van der Waals surface area contributed by atoms with Crippen molar-refractivity contribution in [3.8, 4) is 0 Å². The zero-order valence-corrected chi connectivity index (χ0v) is 17.1. The number of nitrogens with zero attached hydrogens (tertiary/aromatic N) is 5. The average Bonchev–Trinajstić information content (AvgIpc) is 3.22. The van der Waals surface area contributed by atoms with Gasteiger partial charge in [0.1, 0.15) is 30.4 Å². The maximum absolute atomic E-state index is 10.9. The summed E-state index contributed by atoms with van der Waals surface area (Å²) in [5.74, 6) is -2.48. The van der Waals surface area contributed by atoms with Crippen LogP contribution in [0.3, 0.4) is 0 Å². The Labute approximate surface area is 179 Å². The predicted octanol–water partition coefficient (Wildman–Crippen LogP) is -3.12. The number of hydrogen-bond donors (Lipinski definition) is 8. The summed E-state index contributed by atoms with van der Waals surface area (Å²) in [7, 11) is -4.14. The minimum atomic E-state index is -4.14. The first-order chi connectivity index (χ1) is 14.8. The third-order valence-electron chi connectivity index (χ3n) is 4.18. The van der Waals surface area contributed by atoms with E-state index < -0.39 is 57.4 Å². The molecule has 0 amide bonds. The maximum Gasteiger partial charge on any atom is 0.397 e. The first-order valence-electron chi connectivity index (χ1n) is 8.74. The van der Waals surface area contributed by atoms with Crippen molar-refractivity contribution in [2.45, 2.75) is 31.1 Å². The Kier molecular flexibility index (Phi) is 8.16. The zero-order valence-electron chi connectivity index (χ0n) is 16.2. The van der Waals surface area contributed by atoms with Crippen LogP contribution in [0.1, 0.15) is 12.6 Å². The van der Waals surface area contributed by atoms with Crippen LogP contribution in [0.2, 0.25) is 0 Å². The Balaban J connectivity index is 0.000000654. The molecule has 1 fully saturated rings. The van der Waals surface area contributed by atoms with E-state index in [1.807, 2.05) is 0 Å². The molecule has 2 aromatic heterocycles. The van der Waals surface area contributed by atoms with Crippen molar-refractivity contribution in [3.63, 3.8) is 0 Å². The molecule has 3 heterocycles. The lowest BCUT2D eigenvalue weighted by Crippen LogP contribution is -2.51. The molecule has 0 bridgehead atoms. The Morgan fingerprint density at radius 1 is 1.25 bits per heavy atom. The second-order valence-corrected chi connectivity index (χ2v) is 7.81. The third-order valence-corrected chi connectivity index (χ3v) is 4.18. The first-order valence-corrected chi connectivity index (χ1v) is 10.4. The number of aliphatic hydroxyl groups excluding tert-OH is 2. The summed E-state index contributed by atoms with van der Waals surface area (Å²) in [5.41, 5.74) is 10.5. The molecule has 0 aromatic carbocycles. The van der Waals surface area contributed by atoms with Gasteiger partial charge in [0.15, 0.2) is 11.5 Å². The Bertz CT molecular complexity index is 989. The highest BCUT2D eigenvalue weighted by molar-refractivity contribution is 7.49. The van der Waals surface area contributed by atoms with E-state index in [2.05, 4.69) is 20.5 Å². The van der Waals surface area contributed by atoms with E-state index in [0.29, 0.717) is 11.2 Å². The molecule has 0 spiro atoms. The molecule has 178 valence electrons. The van der Waals surface area contributed by atoms with E-state index in [1.54, 1.807) is 0 Å². The molecule has 0 saturated carbocycles. The highest BCUT2D eigenvalue weighted by Crippen LogP contribution is 2.33. The highest BCUT2D eigenvalue weighted by atomic mass is 31.2. The SMILES string of the molecule is NP(=O)(O)O.Nc1ncnc2c1ncn2[C@H]1C[C@H](O)[C@@H](C(O)N(CC(=O)O)CC(=O)O)O1. The molecular formula is C14H22N7O10P. The number of nitrogens with two attached hydrogens (primary N) is 2. The van der Waals surface area contributed by atoms with Gasteiger partial charge < -0.3 is 40.7 Å². The van der Waals surface area contributed by atoms with Crippen LogP contribution in [0, 0.1) is 0 Å². The van der Waals surface area contributed by atoms with Gasteiger partial charge in [0.2, 0.25) is 0 Å². The van der Waals surface area contributed by atoms with E-state index in [0.717, 1.165) is 4.90 Å². The van der Waals surface area contributed by atoms with Crippen LogP contribution in [-0.2, 0) is 18.9 Å². The second-order valence-electron chi connectivity index (χ2n) is 6.64. The molecule has 10 N–H and O–H groups in total. The summed E-state index contributed by atoms with van der Waals surface area (Å²) in [6, 6.07) is 0. The van der Waals surface area contributed by atoms with E-state index >= 15 is 0 Å². The fourth-order valence-electron chi connectivity index (χ4n) is 3.00. The number of hydrogen-bond acceptors (Lipinski definition) is 11. The van der Waals surface area contributed by atoms with Gasteiger partial charge in [-0.2, -0.15) is 0 Å². The number of rotatable bonds is 7. The van der Waals surface area contributed by atoms with Gasteiger partial charge in [-0.05, 0) is 0 Å². The number of carboxylic acids is 2. The molecule has 1 aliphatic rings. The molecule has 1 saturated heterocycles. The lowest BCUT2D eigenvalue weighted by molar-refractivity contribution is -0.163. The zero-order chi connectivity index (χ0) is 24.2.